The highest BCUT2D eigenvalue weighted by molar-refractivity contribution is 7.70. The molecule has 27 N–H and O–H groups in total. The maximum absolute atomic E-state index is 16.5. The first-order valence-corrected chi connectivity index (χ1v) is 48.9. The van der Waals surface area contributed by atoms with E-state index in [9.17, 15) is 113 Å². The van der Waals surface area contributed by atoms with Gasteiger partial charge in [0.1, 0.15) is 95.8 Å². The van der Waals surface area contributed by atoms with Crippen molar-refractivity contribution in [3.63, 3.8) is 0 Å². The molecule has 134 heavy (non-hydrogen) atoms. The van der Waals surface area contributed by atoms with E-state index in [1.54, 1.807) is 27.7 Å². The summed E-state index contributed by atoms with van der Waals surface area (Å²) in [5.74, 6) is -20.8. The SMILES string of the molecule is CCCCCCCCCCNCCN[C@@]1(C)C[C@H](O[C@H]2[C@H](Oc3c4cc5cc3Oc3ccc(cc3Cl)[C@@H](O)[C@@H](NC(=O)[C@@H](CC(C)C)NC)C(=O)N[C@@H](CC(N)=O)C(=O)N[C@H]5C(=O)N[C@H]3C(=O)N[C@H](C(=O)N[C@H](C(=O)O)c5cc(O)c(CN(CP(=O)(O)O)C(=O)CCC(P(=O)(O)O)P(=O)(O)O)c(O)c5-c5cc3ccc5O)[C@H](O)c3ccc(c(Cl)c3)O4)O[C@H](CO)[C@@H](O)[C@@H]2O)O[C@@H](C)[C@H]1O. The van der Waals surface area contributed by atoms with E-state index < -0.39 is 324 Å². The van der Waals surface area contributed by atoms with Gasteiger partial charge in [0.2, 0.25) is 59.3 Å². The molecule has 0 unspecified atom stereocenters. The Hall–Kier alpha value is -9.32. The summed E-state index contributed by atoms with van der Waals surface area (Å²) in [6.45, 7) is 8.04. The van der Waals surface area contributed by atoms with E-state index in [2.05, 4.69) is 54.8 Å². The molecule has 45 nitrogen and oxygen atoms in total. The number of aliphatic hydroxyl groups excluding tert-OH is 6. The van der Waals surface area contributed by atoms with Crippen molar-refractivity contribution in [3.8, 4) is 57.1 Å². The number of hydrogen-bond acceptors (Lipinski definition) is 30. The highest BCUT2D eigenvalue weighted by Crippen LogP contribution is 2.62. The van der Waals surface area contributed by atoms with Crippen molar-refractivity contribution in [1.82, 2.24) is 52.8 Å². The number of phenolic OH excluding ortho intramolecular Hbond substituents is 3. The monoisotopic (exact) mass is 1980 g/mol. The second kappa shape index (κ2) is 45.8. The predicted molar refractivity (Wildman–Crippen MR) is 473 cm³/mol. The minimum Gasteiger partial charge on any atom is -0.507 e. The van der Waals surface area contributed by atoms with Crippen molar-refractivity contribution < 1.29 is 166 Å². The summed E-state index contributed by atoms with van der Waals surface area (Å²) in [5.41, 5.74) is -1.14. The number of halogens is 2. The van der Waals surface area contributed by atoms with Crippen molar-refractivity contribution in [3.05, 3.63) is 116 Å². The Morgan fingerprint density at radius 2 is 1.27 bits per heavy atom. The number of unbranched alkanes of at least 4 members (excludes halogenated alkanes) is 7. The summed E-state index contributed by atoms with van der Waals surface area (Å²) in [6.07, 6.45) is -14.9. The number of hydrogen-bond donors (Lipinski definition) is 26. The van der Waals surface area contributed by atoms with Gasteiger partial charge in [0.15, 0.2) is 35.3 Å². The molecule has 11 bridgehead atoms. The van der Waals surface area contributed by atoms with Gasteiger partial charge in [-0.2, -0.15) is 0 Å². The van der Waals surface area contributed by atoms with E-state index in [-0.39, 0.29) is 29.2 Å². The number of rotatable bonds is 35. The van der Waals surface area contributed by atoms with E-state index in [1.807, 2.05) is 0 Å². The molecule has 7 heterocycles. The molecule has 738 valence electrons. The first-order chi connectivity index (χ1) is 62.9. The van der Waals surface area contributed by atoms with Gasteiger partial charge in [-0.15, -0.1) is 0 Å². The lowest BCUT2D eigenvalue weighted by Crippen LogP contribution is -2.65. The Morgan fingerprint density at radius 3 is 1.84 bits per heavy atom. The third-order valence-corrected chi connectivity index (χ3v) is 28.7. The van der Waals surface area contributed by atoms with E-state index in [4.69, 9.17) is 57.4 Å². The fourth-order valence-corrected chi connectivity index (χ4v) is 20.0. The van der Waals surface area contributed by atoms with Gasteiger partial charge in [0.25, 0.3) is 0 Å². The van der Waals surface area contributed by atoms with Gasteiger partial charge in [-0.05, 0) is 129 Å². The summed E-state index contributed by atoms with van der Waals surface area (Å²) < 4.78 is 76.7. The Bertz CT molecular complexity index is 5260. The molecule has 0 aromatic heterocycles. The molecule has 12 rings (SSSR count). The largest absolute Gasteiger partial charge is 0.507 e. The number of carboxylic acids is 1. The number of aliphatic hydroxyl groups is 6. The van der Waals surface area contributed by atoms with Crippen molar-refractivity contribution in [2.45, 2.75) is 239 Å². The Morgan fingerprint density at radius 1 is 0.679 bits per heavy atom. The predicted octanol–water partition coefficient (Wildman–Crippen LogP) is 2.39. The first-order valence-electron chi connectivity index (χ1n) is 43.0. The molecule has 7 aliphatic rings. The number of likely N-dealkylation sites (N-methyl/N-ethyl adjacent to an activating group) is 1. The second-order valence-corrected chi connectivity index (χ2v) is 40.6. The first kappa shape index (κ1) is 107. The zero-order valence-electron chi connectivity index (χ0n) is 73.5. The minimum absolute atomic E-state index is 0.144. The summed E-state index contributed by atoms with van der Waals surface area (Å²) in [4.78, 5) is 194. The van der Waals surface area contributed by atoms with E-state index in [1.165, 1.54) is 32.4 Å². The maximum Gasteiger partial charge on any atom is 0.344 e. The lowest BCUT2D eigenvalue weighted by molar-refractivity contribution is -0.334. The average Bonchev–Trinajstić information content (AvgIpc) is 0.751. The van der Waals surface area contributed by atoms with E-state index >= 15 is 24.0 Å². The van der Waals surface area contributed by atoms with Crippen LogP contribution in [0.5, 0.6) is 46.0 Å². The molecule has 0 saturated carbocycles. The van der Waals surface area contributed by atoms with Crippen LogP contribution in [0.4, 0.5) is 0 Å². The quantitative estimate of drug-likeness (QED) is 0.0204. The Balaban J connectivity index is 1.18. The number of aliphatic carboxylic acids is 1. The standard InChI is InChI=1S/C84H114Cl2N11O34P3/c1-7-8-9-10-11-12-13-14-23-89-24-25-90-84(5)34-60(126-39(4)75(84)108)130-74-72(107)71(106)57(36-98)129-83(74)131-73-55-30-43-31-56(73)128-54-20-17-42(29-48(54)86)69(104)67-81(114)94-65(82(115)116)45-32-52(100)46(35-97(37-132(117,118)119)59(102)21-22-61(133(120,121)122)134(123,124)125)70(105)62(45)44-27-40(15-18-51(44)99)63(78(111)96-67)93-79(112)64(43)92-77(110)50(33-58(87)101)91-80(113)66(95-76(109)49(88-6)26-38(2)3)68(103)41-16-19-53(127-55)47(85)28-41/h15-20,27-32,38-39,49-50,57,60-61,63-69,71-72,74-75,83,88-90,98-100,103-108H,7-14,21-26,33-37H2,1-6H3,(H2,87,101)(H,91,113)(H,92,110)(H,93,112)(H,94,114)(H,95,109)(H,96,111)(H,115,116)(H2,117,118,119)(H2,120,121,122)(H2,123,124,125)/t39-,49+,50-,57+,60-,63+,64+,65-,66+,67-,68+,69+,71+,72-,74+,75+,83-,84-/m0/s1. The lowest BCUT2D eigenvalue weighted by atomic mass is 9.85. The summed E-state index contributed by atoms with van der Waals surface area (Å²) >= 11 is 14.3. The fourth-order valence-electron chi connectivity index (χ4n) is 16.4. The van der Waals surface area contributed by atoms with Crippen molar-refractivity contribution in [2.75, 3.05) is 39.6 Å². The number of aromatic hydroxyl groups is 3. The molecular weight excluding hydrogens is 1870 g/mol. The van der Waals surface area contributed by atoms with Gasteiger partial charge >= 0.3 is 28.8 Å². The zero-order chi connectivity index (χ0) is 98.7. The summed E-state index contributed by atoms with van der Waals surface area (Å²) in [7, 11) is -15.7. The molecule has 5 aromatic carbocycles. The smallest absolute Gasteiger partial charge is 0.344 e. The van der Waals surface area contributed by atoms with Gasteiger partial charge in [-0.3, -0.25) is 52.1 Å². The molecule has 0 aliphatic carbocycles. The maximum atomic E-state index is 16.5. The topological polar surface area (TPSA) is 721 Å². The Labute approximate surface area is 777 Å². The van der Waals surface area contributed by atoms with Crippen LogP contribution in [0.25, 0.3) is 11.1 Å². The highest BCUT2D eigenvalue weighted by Gasteiger charge is 2.53. The van der Waals surface area contributed by atoms with Gasteiger partial charge in [0, 0.05) is 48.2 Å². The van der Waals surface area contributed by atoms with Gasteiger partial charge in [-0.25, -0.2) is 4.79 Å². The van der Waals surface area contributed by atoms with Crippen molar-refractivity contribution in [2.24, 2.45) is 11.7 Å². The number of carboxylic acid groups (broad SMARTS) is 1. The third-order valence-electron chi connectivity index (χ3n) is 23.5. The summed E-state index contributed by atoms with van der Waals surface area (Å²) in [5, 5.41) is 140. The normalized spacial score (nSPS) is 25.5. The number of phenols is 3. The van der Waals surface area contributed by atoms with Gasteiger partial charge in [0.05, 0.1) is 53.4 Å². The zero-order valence-corrected chi connectivity index (χ0v) is 77.7. The molecule has 18 atom stereocenters. The van der Waals surface area contributed by atoms with Crippen LogP contribution in [0, 0.1) is 5.92 Å². The van der Waals surface area contributed by atoms with Crippen molar-refractivity contribution >= 4 is 99.2 Å². The third kappa shape index (κ3) is 26.5. The Kier molecular flexibility index (Phi) is 36.4. The number of nitrogens with two attached hydrogens (primary N) is 1. The van der Waals surface area contributed by atoms with Crippen LogP contribution in [-0.2, 0) is 77.6 Å². The molecule has 7 aliphatic heterocycles. The number of nitrogens with one attached hydrogen (secondary N) is 9. The number of carbonyl (C=O) groups is 9. The number of carbonyl (C=O) groups excluding carboxylic acids is 8. The number of benzene rings is 5. The van der Waals surface area contributed by atoms with E-state index in [0.29, 0.717) is 19.2 Å². The van der Waals surface area contributed by atoms with Crippen LogP contribution in [0.1, 0.15) is 182 Å². The van der Waals surface area contributed by atoms with Gasteiger partial charge in [-0.1, -0.05) is 107 Å². The molecule has 50 heteroatoms. The van der Waals surface area contributed by atoms with Crippen LogP contribution in [0.3, 0.4) is 0 Å². The number of primary amides is 1. The van der Waals surface area contributed by atoms with Crippen LogP contribution in [-0.4, -0.2) is 262 Å². The molecule has 0 spiro atoms. The minimum atomic E-state index is -5.78. The van der Waals surface area contributed by atoms with Crippen LogP contribution in [0.2, 0.25) is 10.0 Å². The molecular formula is C84H114Cl2N11O34P3. The molecule has 2 saturated heterocycles. The lowest BCUT2D eigenvalue weighted by Gasteiger charge is -2.48. The van der Waals surface area contributed by atoms with Gasteiger partial charge < -0.3 is 167 Å². The molecule has 5 aromatic rings. The molecule has 0 radical (unpaired) electrons. The van der Waals surface area contributed by atoms with Crippen molar-refractivity contribution in [1.29, 1.82) is 0 Å². The molecule has 8 amide bonds. The van der Waals surface area contributed by atoms with Crippen LogP contribution < -0.4 is 67.8 Å². The number of nitrogens with zero attached hydrogens (tertiary/aromatic N) is 1. The number of amides is 8. The number of ether oxygens (including phenoxy) is 6. The summed E-state index contributed by atoms with van der Waals surface area (Å²) in [6, 6.07) is -4.43. The molecule has 2 fully saturated rings. The second-order valence-electron chi connectivity index (χ2n) is 34.1. The van der Waals surface area contributed by atoms with E-state index in [0.717, 1.165) is 99.3 Å². The van der Waals surface area contributed by atoms with Crippen LogP contribution in [0.15, 0.2) is 72.8 Å². The average molecular weight is 1990 g/mol. The fraction of sp³-hybridized carbons (Fsp3) is 0.536. The number of fused-ring (bicyclic) bond motifs is 15. The highest BCUT2D eigenvalue weighted by atomic mass is 35.5. The van der Waals surface area contributed by atoms with Crippen LogP contribution >= 0.6 is 46.0 Å².